The number of likely N-dealkylation sites (tertiary alicyclic amines) is 1. The number of anilines is 1. The Balaban J connectivity index is 1.71. The number of nitrogens with zero attached hydrogens (tertiary/aromatic N) is 3. The van der Waals surface area contributed by atoms with Crippen molar-refractivity contribution in [3.05, 3.63) is 42.2 Å². The lowest BCUT2D eigenvalue weighted by Gasteiger charge is -2.13. The summed E-state index contributed by atoms with van der Waals surface area (Å²) < 4.78 is 0. The molecular weight excluding hydrogens is 330 g/mol. The first-order valence-electron chi connectivity index (χ1n) is 8.17. The van der Waals surface area contributed by atoms with Crippen molar-refractivity contribution in [2.75, 3.05) is 19.3 Å². The topological polar surface area (TPSA) is 108 Å². The number of aromatic nitrogens is 3. The highest BCUT2D eigenvalue weighted by Gasteiger charge is 2.42. The number of nitrogens with one attached hydrogen (secondary N) is 1. The molecule has 1 aliphatic rings. The first kappa shape index (κ1) is 16.1. The molecule has 1 unspecified atom stereocenters. The van der Waals surface area contributed by atoms with Gasteiger partial charge in [-0.2, -0.15) is 0 Å². The fourth-order valence-corrected chi connectivity index (χ4v) is 3.05. The molecule has 130 valence electrons. The van der Waals surface area contributed by atoms with E-state index in [0.29, 0.717) is 18.5 Å². The Labute approximate surface area is 149 Å². The number of aromatic amines is 1. The van der Waals surface area contributed by atoms with Crippen LogP contribution in [0.1, 0.15) is 12.0 Å². The predicted octanol–water partition coefficient (Wildman–Crippen LogP) is 1.15. The Morgan fingerprint density at radius 3 is 3.04 bits per heavy atom. The molecule has 4 rings (SSSR count). The minimum absolute atomic E-state index is 0.209. The maximum absolute atomic E-state index is 12.0. The van der Waals surface area contributed by atoms with Gasteiger partial charge in [0.25, 0.3) is 5.91 Å². The number of hydrogen-bond donors (Lipinski definition) is 3. The third-order valence-electron chi connectivity index (χ3n) is 4.53. The number of amides is 1. The van der Waals surface area contributed by atoms with Gasteiger partial charge in [-0.3, -0.25) is 4.79 Å². The summed E-state index contributed by atoms with van der Waals surface area (Å²) >= 11 is 0. The van der Waals surface area contributed by atoms with E-state index in [4.69, 9.17) is 5.73 Å². The molecule has 4 N–H and O–H groups in total. The first-order chi connectivity index (χ1) is 12.5. The second-order valence-electron chi connectivity index (χ2n) is 6.36. The number of nitrogen functional groups attached to an aromatic ring is 1. The van der Waals surface area contributed by atoms with Crippen LogP contribution in [-0.4, -0.2) is 50.1 Å². The van der Waals surface area contributed by atoms with Crippen molar-refractivity contribution in [2.24, 2.45) is 0 Å². The van der Waals surface area contributed by atoms with Crippen molar-refractivity contribution < 1.29 is 9.90 Å². The molecule has 0 spiro atoms. The molecule has 3 aromatic rings. The third-order valence-corrected chi connectivity index (χ3v) is 4.53. The van der Waals surface area contributed by atoms with Gasteiger partial charge in [0, 0.05) is 37.3 Å². The van der Waals surface area contributed by atoms with Gasteiger partial charge in [0.15, 0.2) is 0 Å². The number of likely N-dealkylation sites (N-methyl/N-ethyl adjacent to an activating group) is 1. The van der Waals surface area contributed by atoms with Gasteiger partial charge in [-0.05, 0) is 17.7 Å². The molecular formula is C19H17N5O2. The van der Waals surface area contributed by atoms with Gasteiger partial charge in [0.05, 0.1) is 11.7 Å². The lowest BCUT2D eigenvalue weighted by atomic mass is 10.0. The quantitative estimate of drug-likeness (QED) is 0.572. The molecule has 1 saturated heterocycles. The van der Waals surface area contributed by atoms with E-state index in [1.807, 2.05) is 30.5 Å². The van der Waals surface area contributed by atoms with Crippen LogP contribution in [0.3, 0.4) is 0 Å². The van der Waals surface area contributed by atoms with Crippen LogP contribution in [0, 0.1) is 11.8 Å². The molecule has 1 aromatic carbocycles. The van der Waals surface area contributed by atoms with Crippen molar-refractivity contribution in [1.29, 1.82) is 0 Å². The van der Waals surface area contributed by atoms with Crippen molar-refractivity contribution in [2.45, 2.75) is 12.0 Å². The summed E-state index contributed by atoms with van der Waals surface area (Å²) in [5.41, 5.74) is 8.10. The lowest BCUT2D eigenvalue weighted by Crippen LogP contribution is -2.37. The highest BCUT2D eigenvalue weighted by molar-refractivity contribution is 5.93. The number of carbonyl (C=O) groups is 1. The van der Waals surface area contributed by atoms with E-state index in [1.165, 1.54) is 4.90 Å². The number of hydrogen-bond acceptors (Lipinski definition) is 5. The largest absolute Gasteiger partial charge is 0.369 e. The lowest BCUT2D eigenvalue weighted by molar-refractivity contribution is -0.137. The molecule has 2 aromatic heterocycles. The van der Waals surface area contributed by atoms with E-state index >= 15 is 0 Å². The van der Waals surface area contributed by atoms with Gasteiger partial charge < -0.3 is 20.7 Å². The normalized spacial score (nSPS) is 19.6. The van der Waals surface area contributed by atoms with Crippen LogP contribution in [0.2, 0.25) is 0 Å². The Morgan fingerprint density at radius 1 is 1.42 bits per heavy atom. The molecule has 1 atom stereocenters. The van der Waals surface area contributed by atoms with Crippen molar-refractivity contribution in [3.63, 3.8) is 0 Å². The van der Waals surface area contributed by atoms with Crippen LogP contribution < -0.4 is 5.73 Å². The van der Waals surface area contributed by atoms with E-state index in [1.54, 1.807) is 13.2 Å². The highest BCUT2D eigenvalue weighted by Crippen LogP contribution is 2.28. The Kier molecular flexibility index (Phi) is 3.63. The smallest absolute Gasteiger partial charge is 0.267 e. The maximum Gasteiger partial charge on any atom is 0.267 e. The third kappa shape index (κ3) is 2.66. The number of H-pyrrole nitrogens is 1. The van der Waals surface area contributed by atoms with Gasteiger partial charge in [-0.25, -0.2) is 9.97 Å². The molecule has 1 fully saturated rings. The van der Waals surface area contributed by atoms with E-state index in [2.05, 4.69) is 26.8 Å². The van der Waals surface area contributed by atoms with Crippen LogP contribution in [0.15, 0.2) is 36.7 Å². The average Bonchev–Trinajstić information content (AvgIpc) is 3.17. The molecule has 0 bridgehead atoms. The van der Waals surface area contributed by atoms with Crippen molar-refractivity contribution in [1.82, 2.24) is 19.9 Å². The SMILES string of the molecule is CN1CCC(O)(C#Cc2cccc(-c3c[nH]c4cnc(N)nc34)c2)C1=O. The van der Waals surface area contributed by atoms with Gasteiger partial charge in [-0.15, -0.1) is 0 Å². The fraction of sp³-hybridized carbons (Fsp3) is 0.211. The molecule has 0 radical (unpaired) electrons. The zero-order chi connectivity index (χ0) is 18.3. The second kappa shape index (κ2) is 5.86. The van der Waals surface area contributed by atoms with Crippen LogP contribution in [0.25, 0.3) is 22.2 Å². The zero-order valence-electron chi connectivity index (χ0n) is 14.2. The van der Waals surface area contributed by atoms with Crippen LogP contribution in [-0.2, 0) is 4.79 Å². The van der Waals surface area contributed by atoms with E-state index in [-0.39, 0.29) is 11.9 Å². The number of carbonyl (C=O) groups excluding carboxylic acids is 1. The number of benzene rings is 1. The van der Waals surface area contributed by atoms with Crippen LogP contribution in [0.5, 0.6) is 0 Å². The standard InChI is InChI=1S/C19H17N5O2/c1-24-8-7-19(26,17(24)25)6-5-12-3-2-4-13(9-12)14-10-21-15-11-22-18(20)23-16(14)15/h2-4,9-11,21,26H,7-8H2,1H3,(H2,20,22,23). The summed E-state index contributed by atoms with van der Waals surface area (Å²) in [6, 6.07) is 7.53. The number of aliphatic hydroxyl groups is 1. The minimum Gasteiger partial charge on any atom is -0.369 e. The molecule has 7 nitrogen and oxygen atoms in total. The van der Waals surface area contributed by atoms with Crippen molar-refractivity contribution >= 4 is 22.9 Å². The average molecular weight is 347 g/mol. The molecule has 3 heterocycles. The fourth-order valence-electron chi connectivity index (χ4n) is 3.05. The number of nitrogens with two attached hydrogens (primary N) is 1. The summed E-state index contributed by atoms with van der Waals surface area (Å²) in [4.78, 5) is 24.9. The van der Waals surface area contributed by atoms with Gasteiger partial charge >= 0.3 is 0 Å². The molecule has 7 heteroatoms. The Bertz CT molecular complexity index is 1080. The molecule has 0 aliphatic carbocycles. The number of rotatable bonds is 1. The summed E-state index contributed by atoms with van der Waals surface area (Å²) in [5.74, 6) is 5.51. The first-order valence-corrected chi connectivity index (χ1v) is 8.17. The highest BCUT2D eigenvalue weighted by atomic mass is 16.3. The zero-order valence-corrected chi connectivity index (χ0v) is 14.2. The van der Waals surface area contributed by atoms with Crippen LogP contribution >= 0.6 is 0 Å². The Morgan fingerprint density at radius 2 is 2.27 bits per heavy atom. The summed E-state index contributed by atoms with van der Waals surface area (Å²) in [7, 11) is 1.66. The number of fused-ring (bicyclic) bond motifs is 1. The van der Waals surface area contributed by atoms with E-state index in [9.17, 15) is 9.90 Å². The molecule has 1 aliphatic heterocycles. The molecule has 26 heavy (non-hydrogen) atoms. The minimum atomic E-state index is -1.60. The molecule has 0 saturated carbocycles. The summed E-state index contributed by atoms with van der Waals surface area (Å²) in [6.07, 6.45) is 3.80. The molecule has 1 amide bonds. The Hall–Kier alpha value is -3.37. The van der Waals surface area contributed by atoms with Crippen molar-refractivity contribution in [3.8, 4) is 23.0 Å². The van der Waals surface area contributed by atoms with Crippen LogP contribution in [0.4, 0.5) is 5.95 Å². The monoisotopic (exact) mass is 347 g/mol. The van der Waals surface area contributed by atoms with Gasteiger partial charge in [0.2, 0.25) is 11.5 Å². The second-order valence-corrected chi connectivity index (χ2v) is 6.36. The summed E-state index contributed by atoms with van der Waals surface area (Å²) in [6.45, 7) is 0.501. The maximum atomic E-state index is 12.0. The van der Waals surface area contributed by atoms with Gasteiger partial charge in [-0.1, -0.05) is 24.0 Å². The van der Waals surface area contributed by atoms with E-state index < -0.39 is 5.60 Å². The predicted molar refractivity (Wildman–Crippen MR) is 97.8 cm³/mol. The van der Waals surface area contributed by atoms with Gasteiger partial charge in [0.1, 0.15) is 5.52 Å². The van der Waals surface area contributed by atoms with E-state index in [0.717, 1.165) is 22.2 Å². The summed E-state index contributed by atoms with van der Waals surface area (Å²) in [5, 5.41) is 10.4.